The molecule has 0 aromatic heterocycles. The van der Waals surface area contributed by atoms with Gasteiger partial charge in [-0.25, -0.2) is 0 Å². The summed E-state index contributed by atoms with van der Waals surface area (Å²) in [5.41, 5.74) is 6.07. The fraction of sp³-hybridized carbons (Fsp3) is 0.929. The lowest BCUT2D eigenvalue weighted by Crippen LogP contribution is -2.48. The number of guanidine groups is 1. The molecule has 102 valence electrons. The molecule has 2 aliphatic heterocycles. The van der Waals surface area contributed by atoms with Gasteiger partial charge in [0, 0.05) is 13.2 Å². The molecule has 0 amide bonds. The Morgan fingerprint density at radius 3 is 2.72 bits per heavy atom. The molecule has 0 spiro atoms. The van der Waals surface area contributed by atoms with Crippen LogP contribution < -0.4 is 5.73 Å². The lowest BCUT2D eigenvalue weighted by atomic mass is 9.83. The second kappa shape index (κ2) is 5.47. The molecule has 2 heterocycles. The lowest BCUT2D eigenvalue weighted by Gasteiger charge is -2.35. The molecule has 4 nitrogen and oxygen atoms in total. The summed E-state index contributed by atoms with van der Waals surface area (Å²) in [6.45, 7) is 2.78. The van der Waals surface area contributed by atoms with Crippen LogP contribution in [0.5, 0.6) is 0 Å². The van der Waals surface area contributed by atoms with Gasteiger partial charge in [0.25, 0.3) is 0 Å². The summed E-state index contributed by atoms with van der Waals surface area (Å²) in [5.74, 6) is 1.55. The summed E-state index contributed by atoms with van der Waals surface area (Å²) < 4.78 is 5.75. The molecule has 3 aliphatic rings. The third-order valence-corrected chi connectivity index (χ3v) is 4.75. The SMILES string of the molecule is NC1=NCC(C2CCCCC2)N1CC1CCCO1. The summed E-state index contributed by atoms with van der Waals surface area (Å²) in [6, 6.07) is 0.550. The minimum absolute atomic E-state index is 0.378. The van der Waals surface area contributed by atoms with Gasteiger partial charge in [-0.1, -0.05) is 19.3 Å². The largest absolute Gasteiger partial charge is 0.376 e. The van der Waals surface area contributed by atoms with Crippen molar-refractivity contribution in [1.29, 1.82) is 0 Å². The number of nitrogens with two attached hydrogens (primary N) is 1. The Bertz CT molecular complexity index is 306. The van der Waals surface area contributed by atoms with E-state index in [-0.39, 0.29) is 0 Å². The fourth-order valence-corrected chi connectivity index (χ4v) is 3.71. The van der Waals surface area contributed by atoms with Crippen LogP contribution in [-0.4, -0.2) is 42.7 Å². The van der Waals surface area contributed by atoms with E-state index in [4.69, 9.17) is 10.5 Å². The Morgan fingerprint density at radius 1 is 1.17 bits per heavy atom. The zero-order chi connectivity index (χ0) is 12.4. The fourth-order valence-electron chi connectivity index (χ4n) is 3.71. The van der Waals surface area contributed by atoms with Crippen LogP contribution in [0.3, 0.4) is 0 Å². The standard InChI is InChI=1S/C14H25N3O/c15-14-16-9-13(11-5-2-1-3-6-11)17(14)10-12-7-4-8-18-12/h11-13H,1-10H2,(H2,15,16). The number of aliphatic imine (C=N–C) groups is 1. The Morgan fingerprint density at radius 2 is 2.00 bits per heavy atom. The molecular weight excluding hydrogens is 226 g/mol. The van der Waals surface area contributed by atoms with Crippen molar-refractivity contribution in [2.75, 3.05) is 19.7 Å². The third kappa shape index (κ3) is 2.48. The van der Waals surface area contributed by atoms with Gasteiger partial charge in [0.05, 0.1) is 18.7 Å². The monoisotopic (exact) mass is 251 g/mol. The lowest BCUT2D eigenvalue weighted by molar-refractivity contribution is 0.0746. The minimum Gasteiger partial charge on any atom is -0.376 e. The van der Waals surface area contributed by atoms with Crippen LogP contribution in [0.1, 0.15) is 44.9 Å². The van der Waals surface area contributed by atoms with E-state index in [9.17, 15) is 0 Å². The second-order valence-corrected chi connectivity index (χ2v) is 5.95. The third-order valence-electron chi connectivity index (χ3n) is 4.75. The van der Waals surface area contributed by atoms with E-state index in [0.717, 1.165) is 31.6 Å². The number of ether oxygens (including phenoxy) is 1. The van der Waals surface area contributed by atoms with Gasteiger partial charge >= 0.3 is 0 Å². The van der Waals surface area contributed by atoms with Crippen molar-refractivity contribution in [2.45, 2.75) is 57.1 Å². The predicted molar refractivity (Wildman–Crippen MR) is 72.5 cm³/mol. The van der Waals surface area contributed by atoms with Crippen LogP contribution in [-0.2, 0) is 4.74 Å². The van der Waals surface area contributed by atoms with E-state index in [1.54, 1.807) is 0 Å². The van der Waals surface area contributed by atoms with Crippen LogP contribution in [0.4, 0.5) is 0 Å². The molecule has 2 N–H and O–H groups in total. The van der Waals surface area contributed by atoms with Crippen molar-refractivity contribution in [3.8, 4) is 0 Å². The highest BCUT2D eigenvalue weighted by Crippen LogP contribution is 2.31. The maximum absolute atomic E-state index is 6.07. The smallest absolute Gasteiger partial charge is 0.191 e. The Balaban J connectivity index is 1.62. The average molecular weight is 251 g/mol. The Hall–Kier alpha value is -0.770. The van der Waals surface area contributed by atoms with Gasteiger partial charge in [0.15, 0.2) is 5.96 Å². The van der Waals surface area contributed by atoms with Crippen molar-refractivity contribution >= 4 is 5.96 Å². The van der Waals surface area contributed by atoms with Crippen LogP contribution in [0.15, 0.2) is 4.99 Å². The minimum atomic E-state index is 0.378. The molecule has 0 bridgehead atoms. The van der Waals surface area contributed by atoms with Gasteiger partial charge in [-0.3, -0.25) is 4.99 Å². The van der Waals surface area contributed by atoms with Crippen molar-refractivity contribution in [1.82, 2.24) is 4.90 Å². The highest BCUT2D eigenvalue weighted by atomic mass is 16.5. The van der Waals surface area contributed by atoms with Crippen molar-refractivity contribution in [3.05, 3.63) is 0 Å². The Labute approximate surface area is 110 Å². The molecule has 0 aromatic rings. The molecule has 2 atom stereocenters. The maximum atomic E-state index is 6.07. The molecule has 0 radical (unpaired) electrons. The highest BCUT2D eigenvalue weighted by Gasteiger charge is 2.35. The van der Waals surface area contributed by atoms with Crippen LogP contribution in [0.25, 0.3) is 0 Å². The molecule has 0 aromatic carbocycles. The first-order valence-corrected chi connectivity index (χ1v) is 7.53. The van der Waals surface area contributed by atoms with Crippen molar-refractivity contribution in [3.63, 3.8) is 0 Å². The first-order chi connectivity index (χ1) is 8.84. The van der Waals surface area contributed by atoms with Crippen molar-refractivity contribution in [2.24, 2.45) is 16.6 Å². The summed E-state index contributed by atoms with van der Waals surface area (Å²) in [5, 5.41) is 0. The molecular formula is C14H25N3O. The van der Waals surface area contributed by atoms with E-state index in [0.29, 0.717) is 12.1 Å². The summed E-state index contributed by atoms with van der Waals surface area (Å²) >= 11 is 0. The van der Waals surface area contributed by atoms with E-state index in [1.165, 1.54) is 44.9 Å². The van der Waals surface area contributed by atoms with Crippen LogP contribution in [0.2, 0.25) is 0 Å². The van der Waals surface area contributed by atoms with Gasteiger partial charge in [0.2, 0.25) is 0 Å². The first-order valence-electron chi connectivity index (χ1n) is 7.53. The quantitative estimate of drug-likeness (QED) is 0.831. The summed E-state index contributed by atoms with van der Waals surface area (Å²) in [7, 11) is 0. The zero-order valence-corrected chi connectivity index (χ0v) is 11.2. The van der Waals surface area contributed by atoms with E-state index < -0.39 is 0 Å². The number of nitrogens with zero attached hydrogens (tertiary/aromatic N) is 2. The first kappa shape index (κ1) is 12.3. The molecule has 2 unspecified atom stereocenters. The van der Waals surface area contributed by atoms with Crippen LogP contribution in [0, 0.1) is 5.92 Å². The van der Waals surface area contributed by atoms with E-state index in [2.05, 4.69) is 9.89 Å². The molecule has 1 aliphatic carbocycles. The van der Waals surface area contributed by atoms with Gasteiger partial charge in [0.1, 0.15) is 0 Å². The zero-order valence-electron chi connectivity index (χ0n) is 11.2. The van der Waals surface area contributed by atoms with Crippen molar-refractivity contribution < 1.29 is 4.74 Å². The van der Waals surface area contributed by atoms with E-state index in [1.807, 2.05) is 0 Å². The van der Waals surface area contributed by atoms with Gasteiger partial charge in [-0.2, -0.15) is 0 Å². The highest BCUT2D eigenvalue weighted by molar-refractivity contribution is 5.80. The average Bonchev–Trinajstić information content (AvgIpc) is 3.03. The number of rotatable bonds is 3. The maximum Gasteiger partial charge on any atom is 0.191 e. The number of hydrogen-bond acceptors (Lipinski definition) is 4. The van der Waals surface area contributed by atoms with Gasteiger partial charge < -0.3 is 15.4 Å². The predicted octanol–water partition coefficient (Wildman–Crippen LogP) is 1.74. The Kier molecular flexibility index (Phi) is 3.73. The normalized spacial score (nSPS) is 34.0. The van der Waals surface area contributed by atoms with Crippen LogP contribution >= 0.6 is 0 Å². The summed E-state index contributed by atoms with van der Waals surface area (Å²) in [6.07, 6.45) is 9.65. The number of hydrogen-bond donors (Lipinski definition) is 1. The molecule has 3 rings (SSSR count). The van der Waals surface area contributed by atoms with Gasteiger partial charge in [-0.15, -0.1) is 0 Å². The van der Waals surface area contributed by atoms with E-state index >= 15 is 0 Å². The second-order valence-electron chi connectivity index (χ2n) is 5.95. The van der Waals surface area contributed by atoms with Gasteiger partial charge in [-0.05, 0) is 31.6 Å². The summed E-state index contributed by atoms with van der Waals surface area (Å²) in [4.78, 5) is 6.82. The molecule has 2 fully saturated rings. The molecule has 1 saturated carbocycles. The topological polar surface area (TPSA) is 50.8 Å². The molecule has 1 saturated heterocycles. The molecule has 4 heteroatoms. The molecule has 18 heavy (non-hydrogen) atoms.